The smallest absolute Gasteiger partial charge is 0.331 e. The molecule has 0 atom stereocenters. The Morgan fingerprint density at radius 3 is 2.43 bits per heavy atom. The predicted octanol–water partition coefficient (Wildman–Crippen LogP) is 0.976. The Kier molecular flexibility index (Phi) is 6.86. The summed E-state index contributed by atoms with van der Waals surface area (Å²) in [6, 6.07) is 6.09. The van der Waals surface area contributed by atoms with Crippen LogP contribution in [0.1, 0.15) is 37.6 Å². The van der Waals surface area contributed by atoms with Crippen molar-refractivity contribution in [3.8, 4) is 0 Å². The van der Waals surface area contributed by atoms with Crippen molar-refractivity contribution >= 4 is 20.9 Å². The van der Waals surface area contributed by atoms with E-state index in [9.17, 15) is 18.0 Å². The van der Waals surface area contributed by atoms with Crippen molar-refractivity contribution in [2.24, 2.45) is 0 Å². The minimum atomic E-state index is -3.82. The molecule has 1 saturated heterocycles. The third-order valence-corrected chi connectivity index (χ3v) is 8.97. The molecule has 0 radical (unpaired) electrons. The number of aryl methyl sites for hydroxylation is 2. The first-order valence-electron chi connectivity index (χ1n) is 12.7. The van der Waals surface area contributed by atoms with Gasteiger partial charge in [-0.05, 0) is 64.9 Å². The van der Waals surface area contributed by atoms with E-state index in [4.69, 9.17) is 4.52 Å². The van der Waals surface area contributed by atoms with E-state index >= 15 is 0 Å². The van der Waals surface area contributed by atoms with Gasteiger partial charge in [0.1, 0.15) is 0 Å². The monoisotopic (exact) mass is 530 g/mol. The van der Waals surface area contributed by atoms with Crippen molar-refractivity contribution in [3.05, 3.63) is 56.6 Å². The Morgan fingerprint density at radius 2 is 1.78 bits per heavy atom. The number of piperazine rings is 1. The van der Waals surface area contributed by atoms with E-state index in [1.807, 2.05) is 6.92 Å². The van der Waals surface area contributed by atoms with Crippen LogP contribution in [-0.4, -0.2) is 77.8 Å². The second-order valence-electron chi connectivity index (χ2n) is 10.6. The lowest BCUT2D eigenvalue weighted by Crippen LogP contribution is -2.45. The summed E-state index contributed by atoms with van der Waals surface area (Å²) in [5, 5.41) is 4.03. The van der Waals surface area contributed by atoms with E-state index in [1.165, 1.54) is 12.1 Å². The van der Waals surface area contributed by atoms with Crippen molar-refractivity contribution in [2.75, 3.05) is 39.8 Å². The van der Waals surface area contributed by atoms with Crippen LogP contribution in [-0.2, 0) is 23.1 Å². The van der Waals surface area contributed by atoms with Gasteiger partial charge in [0.2, 0.25) is 10.0 Å². The minimum absolute atomic E-state index is 0.00919. The molecule has 1 saturated carbocycles. The quantitative estimate of drug-likeness (QED) is 0.434. The second-order valence-corrected chi connectivity index (χ2v) is 12.3. The van der Waals surface area contributed by atoms with Crippen molar-refractivity contribution < 1.29 is 12.9 Å². The van der Waals surface area contributed by atoms with E-state index < -0.39 is 26.8 Å². The maximum atomic E-state index is 13.5. The molecule has 0 unspecified atom stereocenters. The zero-order valence-corrected chi connectivity index (χ0v) is 22.4. The molecule has 2 fully saturated rings. The summed E-state index contributed by atoms with van der Waals surface area (Å²) >= 11 is 0. The lowest BCUT2D eigenvalue weighted by Gasteiger charge is -2.32. The van der Waals surface area contributed by atoms with Gasteiger partial charge in [-0.25, -0.2) is 17.9 Å². The molecule has 0 bridgehead atoms. The zero-order valence-electron chi connectivity index (χ0n) is 21.6. The first-order chi connectivity index (χ1) is 17.5. The summed E-state index contributed by atoms with van der Waals surface area (Å²) in [6.07, 6.45) is 2.27. The number of rotatable bonds is 9. The van der Waals surface area contributed by atoms with Crippen molar-refractivity contribution in [1.29, 1.82) is 0 Å². The summed E-state index contributed by atoms with van der Waals surface area (Å²) in [4.78, 5) is 31.7. The lowest BCUT2D eigenvalue weighted by atomic mass is 10.2. The number of sulfonamides is 1. The molecule has 11 nitrogen and oxygen atoms in total. The fourth-order valence-corrected chi connectivity index (χ4v) is 6.26. The lowest BCUT2D eigenvalue weighted by molar-refractivity contribution is 0.151. The van der Waals surface area contributed by atoms with Gasteiger partial charge in [0.25, 0.3) is 5.56 Å². The molecule has 12 heteroatoms. The molecule has 2 aliphatic rings. The van der Waals surface area contributed by atoms with Gasteiger partial charge in [0, 0.05) is 44.3 Å². The molecule has 1 aromatic carbocycles. The van der Waals surface area contributed by atoms with Crippen LogP contribution < -0.4 is 16.0 Å². The molecular weight excluding hydrogens is 496 g/mol. The van der Waals surface area contributed by atoms with Crippen LogP contribution in [0, 0.1) is 6.92 Å². The van der Waals surface area contributed by atoms with Gasteiger partial charge in [0.05, 0.1) is 28.0 Å². The Morgan fingerprint density at radius 1 is 1.05 bits per heavy atom. The van der Waals surface area contributed by atoms with Crippen molar-refractivity contribution in [1.82, 2.24) is 28.8 Å². The van der Waals surface area contributed by atoms with Gasteiger partial charge < -0.3 is 14.3 Å². The molecular formula is C25H34N6O5S. The molecule has 2 aromatic heterocycles. The largest absolute Gasteiger partial charge is 0.359 e. The summed E-state index contributed by atoms with van der Waals surface area (Å²) < 4.78 is 36.7. The van der Waals surface area contributed by atoms with E-state index in [2.05, 4.69) is 26.7 Å². The van der Waals surface area contributed by atoms with Gasteiger partial charge in [-0.15, -0.1) is 0 Å². The summed E-state index contributed by atoms with van der Waals surface area (Å²) in [5.41, 5.74) is -0.386. The summed E-state index contributed by atoms with van der Waals surface area (Å²) in [6.45, 7) is 8.74. The van der Waals surface area contributed by atoms with Crippen molar-refractivity contribution in [2.45, 2.75) is 56.6 Å². The van der Waals surface area contributed by atoms with Gasteiger partial charge in [-0.3, -0.25) is 13.9 Å². The highest BCUT2D eigenvalue weighted by molar-refractivity contribution is 7.89. The third kappa shape index (κ3) is 5.57. The van der Waals surface area contributed by atoms with E-state index in [0.717, 1.165) is 56.6 Å². The first kappa shape index (κ1) is 25.8. The normalized spacial score (nSPS) is 18.5. The molecule has 37 heavy (non-hydrogen) atoms. The van der Waals surface area contributed by atoms with Crippen LogP contribution in [0.4, 0.5) is 0 Å². The van der Waals surface area contributed by atoms with E-state index in [-0.39, 0.29) is 16.8 Å². The van der Waals surface area contributed by atoms with Gasteiger partial charge in [0.15, 0.2) is 5.76 Å². The molecule has 0 spiro atoms. The molecule has 1 aliphatic heterocycles. The van der Waals surface area contributed by atoms with Crippen LogP contribution in [0.15, 0.2) is 43.3 Å². The maximum absolute atomic E-state index is 13.5. The molecule has 0 amide bonds. The first-order valence-corrected chi connectivity index (χ1v) is 14.2. The molecule has 200 valence electrons. The number of nitrogens with one attached hydrogen (secondary N) is 1. The highest BCUT2D eigenvalue weighted by Crippen LogP contribution is 2.36. The zero-order chi connectivity index (χ0) is 26.4. The number of likely N-dealkylation sites (N-methyl/N-ethyl adjacent to an activating group) is 1. The molecule has 3 aromatic rings. The second kappa shape index (κ2) is 9.82. The highest BCUT2D eigenvalue weighted by Gasteiger charge is 2.41. The van der Waals surface area contributed by atoms with Crippen LogP contribution in [0.3, 0.4) is 0 Å². The van der Waals surface area contributed by atoms with Gasteiger partial charge in [-0.2, -0.15) is 0 Å². The average molecular weight is 531 g/mol. The van der Waals surface area contributed by atoms with Crippen LogP contribution in [0.25, 0.3) is 10.9 Å². The van der Waals surface area contributed by atoms with Gasteiger partial charge >= 0.3 is 5.69 Å². The Bertz CT molecular complexity index is 1530. The molecule has 1 aliphatic carbocycles. The Hall–Kier alpha value is -2.80. The van der Waals surface area contributed by atoms with Crippen LogP contribution in [0.5, 0.6) is 0 Å². The summed E-state index contributed by atoms with van der Waals surface area (Å²) in [5.74, 6) is 0.382. The van der Waals surface area contributed by atoms with Crippen molar-refractivity contribution in [3.63, 3.8) is 0 Å². The number of aromatic nitrogens is 3. The minimum Gasteiger partial charge on any atom is -0.359 e. The number of benzene rings is 1. The summed E-state index contributed by atoms with van der Waals surface area (Å²) in [7, 11) is -1.71. The number of hydrogen-bond donors (Lipinski definition) is 1. The Labute approximate surface area is 215 Å². The molecule has 1 N–H and O–H groups in total. The third-order valence-electron chi connectivity index (χ3n) is 7.33. The number of hydrogen-bond acceptors (Lipinski definition) is 8. The fraction of sp³-hybridized carbons (Fsp3) is 0.560. The molecule has 3 heterocycles. The van der Waals surface area contributed by atoms with Crippen LogP contribution in [0.2, 0.25) is 0 Å². The standard InChI is InChI=1S/C25H34N6O5S/c1-18-15-19(36-26-18)17-31-23(32)21-16-20(37(34,35)27-25(2)7-8-25)5-6-22(21)30(24(31)33)10-4-9-29-13-11-28(3)12-14-29/h5-6,15-16,27H,4,7-14,17H2,1-3H3. The molecule has 5 rings (SSSR count). The number of nitrogens with zero attached hydrogens (tertiary/aromatic N) is 5. The Balaban J connectivity index is 1.52. The van der Waals surface area contributed by atoms with Crippen LogP contribution >= 0.6 is 0 Å². The van der Waals surface area contributed by atoms with Gasteiger partial charge in [-0.1, -0.05) is 5.16 Å². The fourth-order valence-electron chi connectivity index (χ4n) is 4.77. The topological polar surface area (TPSA) is 123 Å². The predicted molar refractivity (Wildman–Crippen MR) is 139 cm³/mol. The number of fused-ring (bicyclic) bond motifs is 1. The highest BCUT2D eigenvalue weighted by atomic mass is 32.2. The van der Waals surface area contributed by atoms with E-state index in [0.29, 0.717) is 23.5 Å². The SMILES string of the molecule is Cc1cc(Cn2c(=O)c3cc(S(=O)(=O)NC4(C)CC4)ccc3n(CCCN3CCN(C)CC3)c2=O)on1. The average Bonchev–Trinajstić information content (AvgIpc) is 3.42. The maximum Gasteiger partial charge on any atom is 0.331 e. The van der Waals surface area contributed by atoms with E-state index in [1.54, 1.807) is 23.6 Å².